The normalized spacial score (nSPS) is 11.0. The molecule has 0 bridgehead atoms. The van der Waals surface area contributed by atoms with Gasteiger partial charge in [0.2, 0.25) is 5.91 Å². The molecule has 19 heavy (non-hydrogen) atoms. The molecule has 102 valence electrons. The highest BCUT2D eigenvalue weighted by molar-refractivity contribution is 7.15. The first-order valence-corrected chi connectivity index (χ1v) is 6.85. The largest absolute Gasteiger partial charge is 0.402 e. The van der Waals surface area contributed by atoms with Crippen molar-refractivity contribution in [2.75, 3.05) is 5.32 Å². The second-order valence-electron chi connectivity index (χ2n) is 4.71. The van der Waals surface area contributed by atoms with Gasteiger partial charge in [0.1, 0.15) is 4.88 Å². The molecule has 0 atom stereocenters. The Labute approximate surface area is 115 Å². The van der Waals surface area contributed by atoms with Gasteiger partial charge in [-0.1, -0.05) is 18.9 Å². The zero-order valence-corrected chi connectivity index (χ0v) is 12.2. The molecular weight excluding hydrogens is 264 g/mol. The maximum Gasteiger partial charge on any atom is 0.322 e. The average molecular weight is 280 g/mol. The smallest absolute Gasteiger partial charge is 0.322 e. The molecule has 1 N–H and O–H groups in total. The van der Waals surface area contributed by atoms with Crippen LogP contribution in [0.4, 0.5) is 6.01 Å². The molecule has 0 unspecified atom stereocenters. The fourth-order valence-electron chi connectivity index (χ4n) is 1.64. The minimum atomic E-state index is -0.123. The van der Waals surface area contributed by atoms with Crippen LogP contribution in [0.25, 0.3) is 10.8 Å². The van der Waals surface area contributed by atoms with Gasteiger partial charge in [0.25, 0.3) is 5.89 Å². The lowest BCUT2D eigenvalue weighted by atomic mass is 10.1. The standard InChI is InChI=1S/C12H16N4O2S/c1-6(2)5-9(17)14-12-16-15-11(18-12)10-7(3)13-8(4)19-10/h6H,5H2,1-4H3,(H,14,16,17). The summed E-state index contributed by atoms with van der Waals surface area (Å²) in [5.41, 5.74) is 0.853. The Morgan fingerprint density at radius 3 is 2.68 bits per heavy atom. The summed E-state index contributed by atoms with van der Waals surface area (Å²) in [6, 6.07) is 0.131. The van der Waals surface area contributed by atoms with Crippen LogP contribution < -0.4 is 5.32 Å². The topological polar surface area (TPSA) is 80.9 Å². The Kier molecular flexibility index (Phi) is 3.94. The Morgan fingerprint density at radius 2 is 2.11 bits per heavy atom. The van der Waals surface area contributed by atoms with E-state index in [1.165, 1.54) is 11.3 Å². The summed E-state index contributed by atoms with van der Waals surface area (Å²) in [4.78, 5) is 16.7. The van der Waals surface area contributed by atoms with E-state index in [1.54, 1.807) is 0 Å². The molecular formula is C12H16N4O2S. The second-order valence-corrected chi connectivity index (χ2v) is 5.91. The third-order valence-corrected chi connectivity index (χ3v) is 3.42. The number of thiazole rings is 1. The molecule has 1 amide bonds. The molecule has 0 aliphatic heterocycles. The van der Waals surface area contributed by atoms with Gasteiger partial charge in [-0.25, -0.2) is 4.98 Å². The molecule has 0 radical (unpaired) electrons. The van der Waals surface area contributed by atoms with Gasteiger partial charge in [-0.2, -0.15) is 0 Å². The molecule has 0 aliphatic rings. The number of rotatable bonds is 4. The van der Waals surface area contributed by atoms with Crippen LogP contribution in [0.2, 0.25) is 0 Å². The highest BCUT2D eigenvalue weighted by atomic mass is 32.1. The van der Waals surface area contributed by atoms with Crippen molar-refractivity contribution in [1.82, 2.24) is 15.2 Å². The van der Waals surface area contributed by atoms with Crippen LogP contribution in [-0.2, 0) is 4.79 Å². The first-order chi connectivity index (χ1) is 8.95. The first-order valence-electron chi connectivity index (χ1n) is 6.03. The molecule has 2 heterocycles. The number of aryl methyl sites for hydroxylation is 2. The molecule has 2 aromatic heterocycles. The number of carbonyl (C=O) groups excluding carboxylic acids is 1. The summed E-state index contributed by atoms with van der Waals surface area (Å²) < 4.78 is 5.43. The van der Waals surface area contributed by atoms with Crippen molar-refractivity contribution in [3.8, 4) is 10.8 Å². The molecule has 2 rings (SSSR count). The van der Waals surface area contributed by atoms with Crippen molar-refractivity contribution in [3.63, 3.8) is 0 Å². The zero-order valence-electron chi connectivity index (χ0n) is 11.4. The van der Waals surface area contributed by atoms with Crippen LogP contribution in [0.3, 0.4) is 0 Å². The second kappa shape index (κ2) is 5.48. The zero-order chi connectivity index (χ0) is 14.0. The van der Waals surface area contributed by atoms with Gasteiger partial charge in [-0.05, 0) is 19.8 Å². The van der Waals surface area contributed by atoms with Crippen LogP contribution in [0.1, 0.15) is 31.0 Å². The van der Waals surface area contributed by atoms with Gasteiger partial charge in [0, 0.05) is 6.42 Å². The van der Waals surface area contributed by atoms with Gasteiger partial charge < -0.3 is 4.42 Å². The number of anilines is 1. The van der Waals surface area contributed by atoms with Gasteiger partial charge in [-0.15, -0.1) is 16.4 Å². The Balaban J connectivity index is 2.11. The van der Waals surface area contributed by atoms with Crippen LogP contribution in [0, 0.1) is 19.8 Å². The van der Waals surface area contributed by atoms with Crippen molar-refractivity contribution in [3.05, 3.63) is 10.7 Å². The highest BCUT2D eigenvalue weighted by Gasteiger charge is 2.16. The van der Waals surface area contributed by atoms with Crippen molar-refractivity contribution in [2.45, 2.75) is 34.1 Å². The van der Waals surface area contributed by atoms with Gasteiger partial charge >= 0.3 is 6.01 Å². The number of hydrogen-bond acceptors (Lipinski definition) is 6. The Morgan fingerprint density at radius 1 is 1.37 bits per heavy atom. The molecule has 0 saturated heterocycles. The van der Waals surface area contributed by atoms with E-state index in [4.69, 9.17) is 4.42 Å². The van der Waals surface area contributed by atoms with E-state index in [2.05, 4.69) is 20.5 Å². The maximum absolute atomic E-state index is 11.6. The number of hydrogen-bond donors (Lipinski definition) is 1. The van der Waals surface area contributed by atoms with Gasteiger partial charge in [0.05, 0.1) is 10.7 Å². The van der Waals surface area contributed by atoms with E-state index in [1.807, 2.05) is 27.7 Å². The van der Waals surface area contributed by atoms with Crippen molar-refractivity contribution >= 4 is 23.3 Å². The third-order valence-electron chi connectivity index (χ3n) is 2.36. The molecule has 0 spiro atoms. The van der Waals surface area contributed by atoms with E-state index >= 15 is 0 Å². The van der Waals surface area contributed by atoms with Crippen molar-refractivity contribution in [1.29, 1.82) is 0 Å². The van der Waals surface area contributed by atoms with Crippen LogP contribution in [0.5, 0.6) is 0 Å². The minimum absolute atomic E-state index is 0.123. The summed E-state index contributed by atoms with van der Waals surface area (Å²) in [6.45, 7) is 7.76. The predicted molar refractivity (Wildman–Crippen MR) is 73.0 cm³/mol. The fourth-order valence-corrected chi connectivity index (χ4v) is 2.48. The summed E-state index contributed by atoms with van der Waals surface area (Å²) in [5, 5.41) is 11.3. The summed E-state index contributed by atoms with van der Waals surface area (Å²) >= 11 is 1.49. The minimum Gasteiger partial charge on any atom is -0.402 e. The average Bonchev–Trinajstić information content (AvgIpc) is 2.84. The van der Waals surface area contributed by atoms with Gasteiger partial charge in [0.15, 0.2) is 0 Å². The predicted octanol–water partition coefficient (Wildman–Crippen LogP) is 2.79. The fraction of sp³-hybridized carbons (Fsp3) is 0.500. The quantitative estimate of drug-likeness (QED) is 0.931. The number of aromatic nitrogens is 3. The molecule has 0 aromatic carbocycles. The number of nitrogens with zero attached hydrogens (tertiary/aromatic N) is 3. The van der Waals surface area contributed by atoms with E-state index in [0.717, 1.165) is 15.6 Å². The SMILES string of the molecule is Cc1nc(C)c(-c2nnc(NC(=O)CC(C)C)o2)s1. The Bertz CT molecular complexity index is 588. The number of amides is 1. The summed E-state index contributed by atoms with van der Waals surface area (Å²) in [5.74, 6) is 0.555. The Hall–Kier alpha value is -1.76. The maximum atomic E-state index is 11.6. The number of nitrogens with one attached hydrogen (secondary N) is 1. The van der Waals surface area contributed by atoms with Crippen molar-refractivity contribution in [2.24, 2.45) is 5.92 Å². The molecule has 7 heteroatoms. The lowest BCUT2D eigenvalue weighted by molar-refractivity contribution is -0.117. The monoisotopic (exact) mass is 280 g/mol. The summed E-state index contributed by atoms with van der Waals surface area (Å²) in [7, 11) is 0. The van der Waals surface area contributed by atoms with Gasteiger partial charge in [-0.3, -0.25) is 10.1 Å². The first kappa shape index (κ1) is 13.7. The van der Waals surface area contributed by atoms with E-state index in [-0.39, 0.29) is 17.8 Å². The third kappa shape index (κ3) is 3.37. The molecule has 0 aliphatic carbocycles. The number of carbonyl (C=O) groups is 1. The van der Waals surface area contributed by atoms with Crippen LogP contribution in [0.15, 0.2) is 4.42 Å². The van der Waals surface area contributed by atoms with Crippen LogP contribution in [-0.4, -0.2) is 21.1 Å². The molecule has 6 nitrogen and oxygen atoms in total. The van der Waals surface area contributed by atoms with E-state index < -0.39 is 0 Å². The molecule has 2 aromatic rings. The van der Waals surface area contributed by atoms with Crippen LogP contribution >= 0.6 is 11.3 Å². The lowest BCUT2D eigenvalue weighted by Crippen LogP contribution is -2.13. The van der Waals surface area contributed by atoms with E-state index in [9.17, 15) is 4.79 Å². The lowest BCUT2D eigenvalue weighted by Gasteiger charge is -2.02. The van der Waals surface area contributed by atoms with Crippen molar-refractivity contribution < 1.29 is 9.21 Å². The van der Waals surface area contributed by atoms with E-state index in [0.29, 0.717) is 12.3 Å². The highest BCUT2D eigenvalue weighted by Crippen LogP contribution is 2.29. The summed E-state index contributed by atoms with van der Waals surface area (Å²) in [6.07, 6.45) is 0.427. The molecule has 0 saturated carbocycles. The molecule has 0 fully saturated rings.